The van der Waals surface area contributed by atoms with Crippen molar-refractivity contribution >= 4 is 39.8 Å². The summed E-state index contributed by atoms with van der Waals surface area (Å²) in [5.41, 5.74) is 0. The molecule has 0 nitrogen and oxygen atoms in total. The Balaban J connectivity index is 0. The fraction of sp³-hybridized carbons (Fsp3) is 1.00. The molecule has 0 saturated heterocycles. The summed E-state index contributed by atoms with van der Waals surface area (Å²) in [4.78, 5) is 0. The Morgan fingerprint density at radius 2 is 1.50 bits per heavy atom. The van der Waals surface area contributed by atoms with Gasteiger partial charge in [0.2, 0.25) is 0 Å². The Morgan fingerprint density at radius 1 is 1.00 bits per heavy atom. The SMILES string of the molecule is CCCCCCCC(C)(C)Br.[SnH2]. The van der Waals surface area contributed by atoms with Gasteiger partial charge in [0.15, 0.2) is 0 Å². The van der Waals surface area contributed by atoms with E-state index in [1.807, 2.05) is 0 Å². The van der Waals surface area contributed by atoms with Crippen LogP contribution in [0.4, 0.5) is 0 Å². The molecule has 0 aliphatic heterocycles. The van der Waals surface area contributed by atoms with Crippen LogP contribution in [0.2, 0.25) is 0 Å². The summed E-state index contributed by atoms with van der Waals surface area (Å²) in [6.45, 7) is 6.74. The zero-order chi connectivity index (χ0) is 8.74. The van der Waals surface area contributed by atoms with Crippen LogP contribution in [-0.2, 0) is 0 Å². The first-order valence-electron chi connectivity index (χ1n) is 4.75. The predicted octanol–water partition coefficient (Wildman–Crippen LogP) is 3.60. The van der Waals surface area contributed by atoms with E-state index < -0.39 is 0 Å². The topological polar surface area (TPSA) is 0 Å². The first kappa shape index (κ1) is 15.7. The normalized spacial score (nSPS) is 11.0. The van der Waals surface area contributed by atoms with Crippen LogP contribution >= 0.6 is 15.9 Å². The zero-order valence-electron chi connectivity index (χ0n) is 8.83. The number of alkyl halides is 1. The molecule has 0 N–H and O–H groups in total. The van der Waals surface area contributed by atoms with Crippen LogP contribution in [0.1, 0.15) is 59.3 Å². The van der Waals surface area contributed by atoms with Crippen molar-refractivity contribution in [2.24, 2.45) is 0 Å². The van der Waals surface area contributed by atoms with Gasteiger partial charge in [-0.1, -0.05) is 68.8 Å². The molecule has 0 aromatic carbocycles. The van der Waals surface area contributed by atoms with Gasteiger partial charge >= 0.3 is 23.9 Å². The summed E-state index contributed by atoms with van der Waals surface area (Å²) in [6, 6.07) is 0. The molecule has 74 valence electrons. The quantitative estimate of drug-likeness (QED) is 0.393. The Hall–Kier alpha value is 1.28. The molecule has 0 aliphatic rings. The molecule has 2 radical (unpaired) electrons. The van der Waals surface area contributed by atoms with Crippen LogP contribution in [0.3, 0.4) is 0 Å². The third-order valence-corrected chi connectivity index (χ3v) is 2.27. The average Bonchev–Trinajstić information content (AvgIpc) is 1.85. The molecule has 0 unspecified atom stereocenters. The number of rotatable bonds is 6. The fourth-order valence-electron chi connectivity index (χ4n) is 1.15. The van der Waals surface area contributed by atoms with Crippen LogP contribution in [0.5, 0.6) is 0 Å². The standard InChI is InChI=1S/C10H21Br.Sn.2H/c1-4-5-6-7-8-9-10(2,3)11;;;/h4-9H2,1-3H3;;;. The van der Waals surface area contributed by atoms with Gasteiger partial charge in [-0.05, 0) is 6.42 Å². The number of hydrogen-bond acceptors (Lipinski definition) is 0. The van der Waals surface area contributed by atoms with E-state index in [1.54, 1.807) is 0 Å². The van der Waals surface area contributed by atoms with E-state index >= 15 is 0 Å². The Kier molecular flexibility index (Phi) is 11.6. The van der Waals surface area contributed by atoms with Crippen molar-refractivity contribution in [2.45, 2.75) is 63.6 Å². The van der Waals surface area contributed by atoms with E-state index in [2.05, 4.69) is 36.7 Å². The molecule has 2 heteroatoms. The molecule has 0 rings (SSSR count). The van der Waals surface area contributed by atoms with Crippen molar-refractivity contribution in [3.05, 3.63) is 0 Å². The minimum atomic E-state index is 0. The van der Waals surface area contributed by atoms with Gasteiger partial charge in [0.25, 0.3) is 0 Å². The molecule has 12 heavy (non-hydrogen) atoms. The Labute approximate surface area is 103 Å². The molecule has 0 heterocycles. The first-order chi connectivity index (χ1) is 5.06. The fourth-order valence-corrected chi connectivity index (χ4v) is 1.43. The van der Waals surface area contributed by atoms with Gasteiger partial charge in [-0.25, -0.2) is 0 Å². The van der Waals surface area contributed by atoms with Gasteiger partial charge < -0.3 is 0 Å². The third kappa shape index (κ3) is 13.8. The second-order valence-corrected chi connectivity index (χ2v) is 6.03. The van der Waals surface area contributed by atoms with E-state index in [9.17, 15) is 0 Å². The zero-order valence-corrected chi connectivity index (χ0v) is 14.5. The maximum absolute atomic E-state index is 3.65. The molecular formula is C10H23BrSn. The predicted molar refractivity (Wildman–Crippen MR) is 64.9 cm³/mol. The van der Waals surface area contributed by atoms with Crippen molar-refractivity contribution in [1.29, 1.82) is 0 Å². The van der Waals surface area contributed by atoms with E-state index in [-0.39, 0.29) is 23.9 Å². The van der Waals surface area contributed by atoms with Gasteiger partial charge in [0, 0.05) is 4.32 Å². The van der Waals surface area contributed by atoms with E-state index in [1.165, 1.54) is 38.5 Å². The molecule has 0 amide bonds. The molecule has 0 aliphatic carbocycles. The van der Waals surface area contributed by atoms with Crippen molar-refractivity contribution in [3.63, 3.8) is 0 Å². The van der Waals surface area contributed by atoms with Crippen molar-refractivity contribution in [1.82, 2.24) is 0 Å². The van der Waals surface area contributed by atoms with E-state index in [4.69, 9.17) is 0 Å². The van der Waals surface area contributed by atoms with Gasteiger partial charge in [-0.15, -0.1) is 0 Å². The number of hydrogen-bond donors (Lipinski definition) is 0. The third-order valence-electron chi connectivity index (χ3n) is 1.87. The molecule has 0 saturated carbocycles. The summed E-state index contributed by atoms with van der Waals surface area (Å²) in [5, 5.41) is 0. The van der Waals surface area contributed by atoms with Crippen LogP contribution in [0.15, 0.2) is 0 Å². The van der Waals surface area contributed by atoms with Crippen molar-refractivity contribution in [2.75, 3.05) is 0 Å². The van der Waals surface area contributed by atoms with Gasteiger partial charge in [0.1, 0.15) is 0 Å². The van der Waals surface area contributed by atoms with Gasteiger partial charge in [0.05, 0.1) is 0 Å². The first-order valence-corrected chi connectivity index (χ1v) is 5.54. The van der Waals surface area contributed by atoms with Crippen LogP contribution in [0, 0.1) is 0 Å². The van der Waals surface area contributed by atoms with Crippen molar-refractivity contribution in [3.8, 4) is 0 Å². The Morgan fingerprint density at radius 3 is 1.92 bits per heavy atom. The van der Waals surface area contributed by atoms with Gasteiger partial charge in [-0.2, -0.15) is 0 Å². The minimum absolute atomic E-state index is 0. The molecule has 0 bridgehead atoms. The Bertz CT molecular complexity index is 86.3. The summed E-state index contributed by atoms with van der Waals surface area (Å²) in [5.74, 6) is 0. The second kappa shape index (κ2) is 8.86. The molecule has 0 aromatic rings. The summed E-state index contributed by atoms with van der Waals surface area (Å²) in [6.07, 6.45) is 8.25. The summed E-state index contributed by atoms with van der Waals surface area (Å²) < 4.78 is 0.360. The van der Waals surface area contributed by atoms with E-state index in [0.29, 0.717) is 4.32 Å². The molecular weight excluding hydrogens is 319 g/mol. The number of unbranched alkanes of at least 4 members (excludes halogenated alkanes) is 4. The maximum atomic E-state index is 3.65. The van der Waals surface area contributed by atoms with E-state index in [0.717, 1.165) is 0 Å². The monoisotopic (exact) mass is 342 g/mol. The van der Waals surface area contributed by atoms with Crippen LogP contribution in [-0.4, -0.2) is 28.2 Å². The molecule has 0 aromatic heterocycles. The van der Waals surface area contributed by atoms with Crippen molar-refractivity contribution < 1.29 is 0 Å². The van der Waals surface area contributed by atoms with Crippen LogP contribution < -0.4 is 0 Å². The molecule has 0 spiro atoms. The molecule has 0 fully saturated rings. The number of halogens is 1. The summed E-state index contributed by atoms with van der Waals surface area (Å²) >= 11 is 3.65. The van der Waals surface area contributed by atoms with Crippen LogP contribution in [0.25, 0.3) is 0 Å². The average molecular weight is 342 g/mol. The van der Waals surface area contributed by atoms with Gasteiger partial charge in [-0.3, -0.25) is 0 Å². The summed E-state index contributed by atoms with van der Waals surface area (Å²) in [7, 11) is 0. The molecule has 0 atom stereocenters. The second-order valence-electron chi connectivity index (χ2n) is 3.88.